The summed E-state index contributed by atoms with van der Waals surface area (Å²) in [4.78, 5) is 12.2. The van der Waals surface area contributed by atoms with Crippen molar-refractivity contribution in [3.63, 3.8) is 0 Å². The molecule has 0 spiro atoms. The Labute approximate surface area is 104 Å². The number of hydrogen-bond acceptors (Lipinski definition) is 4. The minimum Gasteiger partial charge on any atom is -0.369 e. The van der Waals surface area contributed by atoms with Crippen LogP contribution in [0, 0.1) is 10.1 Å². The molecule has 1 aliphatic heterocycles. The van der Waals surface area contributed by atoms with Crippen molar-refractivity contribution in [2.24, 2.45) is 5.73 Å². The Morgan fingerprint density at radius 2 is 2.29 bits per heavy atom. The third kappa shape index (κ3) is 2.68. The number of nitrogens with two attached hydrogens (primary N) is 1. The molecule has 1 atom stereocenters. The first-order valence-corrected chi connectivity index (χ1v) is 5.90. The monoisotopic (exact) mass is 255 g/mol. The van der Waals surface area contributed by atoms with Crippen LogP contribution < -0.4 is 10.6 Å². The summed E-state index contributed by atoms with van der Waals surface area (Å²) in [6.45, 7) is 1.64. The van der Waals surface area contributed by atoms with E-state index in [-0.39, 0.29) is 11.7 Å². The van der Waals surface area contributed by atoms with E-state index in [9.17, 15) is 10.1 Å². The number of nitro benzene ring substituents is 1. The van der Waals surface area contributed by atoms with Gasteiger partial charge in [0.25, 0.3) is 5.69 Å². The maximum Gasteiger partial charge on any atom is 0.271 e. The van der Waals surface area contributed by atoms with Crippen molar-refractivity contribution in [2.45, 2.75) is 18.9 Å². The summed E-state index contributed by atoms with van der Waals surface area (Å²) in [5.74, 6) is 0. The van der Waals surface area contributed by atoms with Crippen LogP contribution >= 0.6 is 11.6 Å². The van der Waals surface area contributed by atoms with E-state index in [1.807, 2.05) is 0 Å². The fraction of sp³-hybridized carbons (Fsp3) is 0.455. The van der Waals surface area contributed by atoms with Crippen molar-refractivity contribution >= 4 is 23.0 Å². The largest absolute Gasteiger partial charge is 0.369 e. The van der Waals surface area contributed by atoms with Crippen molar-refractivity contribution in [1.82, 2.24) is 0 Å². The van der Waals surface area contributed by atoms with Gasteiger partial charge in [0.2, 0.25) is 0 Å². The SMILES string of the molecule is N[C@@H]1CCCN(c2ccc([N+](=O)[O-])cc2Cl)C1. The minimum atomic E-state index is -0.447. The van der Waals surface area contributed by atoms with Gasteiger partial charge >= 0.3 is 0 Å². The zero-order chi connectivity index (χ0) is 12.4. The molecule has 0 saturated carbocycles. The molecule has 2 rings (SSSR count). The van der Waals surface area contributed by atoms with E-state index >= 15 is 0 Å². The van der Waals surface area contributed by atoms with Gasteiger partial charge in [0.1, 0.15) is 0 Å². The van der Waals surface area contributed by atoms with Gasteiger partial charge in [-0.15, -0.1) is 0 Å². The molecule has 1 heterocycles. The summed E-state index contributed by atoms with van der Waals surface area (Å²) in [5, 5.41) is 11.0. The highest BCUT2D eigenvalue weighted by atomic mass is 35.5. The Morgan fingerprint density at radius 1 is 1.53 bits per heavy atom. The van der Waals surface area contributed by atoms with Crippen molar-refractivity contribution in [2.75, 3.05) is 18.0 Å². The van der Waals surface area contributed by atoms with E-state index < -0.39 is 4.92 Å². The number of halogens is 1. The normalized spacial score (nSPS) is 20.4. The average molecular weight is 256 g/mol. The van der Waals surface area contributed by atoms with Crippen LogP contribution in [0.4, 0.5) is 11.4 Å². The summed E-state index contributed by atoms with van der Waals surface area (Å²) in [7, 11) is 0. The number of rotatable bonds is 2. The lowest BCUT2D eigenvalue weighted by Gasteiger charge is -2.33. The highest BCUT2D eigenvalue weighted by Gasteiger charge is 2.20. The van der Waals surface area contributed by atoms with Gasteiger partial charge in [-0.05, 0) is 18.9 Å². The van der Waals surface area contributed by atoms with E-state index in [0.717, 1.165) is 31.6 Å². The molecule has 0 unspecified atom stereocenters. The molecular formula is C11H14ClN3O2. The topological polar surface area (TPSA) is 72.4 Å². The molecule has 1 aromatic carbocycles. The van der Waals surface area contributed by atoms with Crippen molar-refractivity contribution in [3.8, 4) is 0 Å². The van der Waals surface area contributed by atoms with Gasteiger partial charge in [-0.3, -0.25) is 10.1 Å². The van der Waals surface area contributed by atoms with Gasteiger partial charge in [0.05, 0.1) is 15.6 Å². The van der Waals surface area contributed by atoms with E-state index in [1.54, 1.807) is 6.07 Å². The molecule has 0 amide bonds. The zero-order valence-corrected chi connectivity index (χ0v) is 10.1. The molecule has 0 bridgehead atoms. The summed E-state index contributed by atoms with van der Waals surface area (Å²) in [6, 6.07) is 4.70. The smallest absolute Gasteiger partial charge is 0.271 e. The lowest BCUT2D eigenvalue weighted by molar-refractivity contribution is -0.384. The van der Waals surface area contributed by atoms with Gasteiger partial charge in [-0.1, -0.05) is 11.6 Å². The van der Waals surface area contributed by atoms with Crippen LogP contribution in [0.25, 0.3) is 0 Å². The number of benzene rings is 1. The maximum atomic E-state index is 10.6. The third-order valence-corrected chi connectivity index (χ3v) is 3.24. The van der Waals surface area contributed by atoms with Gasteiger partial charge < -0.3 is 10.6 Å². The Morgan fingerprint density at radius 3 is 2.88 bits per heavy atom. The van der Waals surface area contributed by atoms with Crippen molar-refractivity contribution < 1.29 is 4.92 Å². The minimum absolute atomic E-state index is 0.0139. The van der Waals surface area contributed by atoms with Crippen LogP contribution in [0.1, 0.15) is 12.8 Å². The maximum absolute atomic E-state index is 10.6. The third-order valence-electron chi connectivity index (χ3n) is 2.94. The van der Waals surface area contributed by atoms with Gasteiger partial charge in [0.15, 0.2) is 0 Å². The Bertz CT molecular complexity index is 439. The van der Waals surface area contributed by atoms with Crippen LogP contribution in [0.5, 0.6) is 0 Å². The fourth-order valence-corrected chi connectivity index (χ4v) is 2.39. The molecule has 1 fully saturated rings. The van der Waals surface area contributed by atoms with E-state index in [4.69, 9.17) is 17.3 Å². The standard InChI is InChI=1S/C11H14ClN3O2/c12-10-6-9(15(16)17)3-4-11(10)14-5-1-2-8(13)7-14/h3-4,6,8H,1-2,5,7,13H2/t8-/m1/s1. The molecule has 1 aliphatic rings. The molecule has 6 heteroatoms. The molecule has 0 aromatic heterocycles. The summed E-state index contributed by atoms with van der Waals surface area (Å²) >= 11 is 6.07. The first-order chi connectivity index (χ1) is 8.08. The van der Waals surface area contributed by atoms with Crippen LogP contribution in [0.15, 0.2) is 18.2 Å². The van der Waals surface area contributed by atoms with Gasteiger partial charge in [-0.25, -0.2) is 0 Å². The number of non-ortho nitro benzene ring substituents is 1. The van der Waals surface area contributed by atoms with Gasteiger partial charge in [-0.2, -0.15) is 0 Å². The molecule has 92 valence electrons. The lowest BCUT2D eigenvalue weighted by atomic mass is 10.1. The van der Waals surface area contributed by atoms with E-state index in [1.165, 1.54) is 12.1 Å². The molecule has 2 N–H and O–H groups in total. The molecular weight excluding hydrogens is 242 g/mol. The molecule has 0 radical (unpaired) electrons. The van der Waals surface area contributed by atoms with Crippen LogP contribution in [-0.2, 0) is 0 Å². The second-order valence-corrected chi connectivity index (χ2v) is 4.65. The molecule has 5 nitrogen and oxygen atoms in total. The summed E-state index contributed by atoms with van der Waals surface area (Å²) in [6.07, 6.45) is 2.04. The van der Waals surface area contributed by atoms with E-state index in [0.29, 0.717) is 5.02 Å². The quantitative estimate of drug-likeness (QED) is 0.649. The second kappa shape index (κ2) is 4.89. The van der Waals surface area contributed by atoms with Gasteiger partial charge in [0, 0.05) is 31.3 Å². The molecule has 1 saturated heterocycles. The Balaban J connectivity index is 2.23. The second-order valence-electron chi connectivity index (χ2n) is 4.24. The van der Waals surface area contributed by atoms with Crippen molar-refractivity contribution in [3.05, 3.63) is 33.3 Å². The summed E-state index contributed by atoms with van der Waals surface area (Å²) in [5.41, 5.74) is 6.74. The molecule has 17 heavy (non-hydrogen) atoms. The van der Waals surface area contributed by atoms with Crippen LogP contribution in [0.3, 0.4) is 0 Å². The predicted molar refractivity (Wildman–Crippen MR) is 67.5 cm³/mol. The zero-order valence-electron chi connectivity index (χ0n) is 9.30. The van der Waals surface area contributed by atoms with Crippen LogP contribution in [0.2, 0.25) is 5.02 Å². The Hall–Kier alpha value is -1.33. The number of piperidine rings is 1. The number of nitro groups is 1. The number of anilines is 1. The van der Waals surface area contributed by atoms with Crippen LogP contribution in [-0.4, -0.2) is 24.1 Å². The fourth-order valence-electron chi connectivity index (χ4n) is 2.09. The predicted octanol–water partition coefficient (Wildman–Crippen LogP) is 2.18. The molecule has 1 aromatic rings. The number of nitrogens with zero attached hydrogens (tertiary/aromatic N) is 2. The first kappa shape index (κ1) is 12.1. The molecule has 0 aliphatic carbocycles. The van der Waals surface area contributed by atoms with Crippen molar-refractivity contribution in [1.29, 1.82) is 0 Å². The Kier molecular flexibility index (Phi) is 3.49. The van der Waals surface area contributed by atoms with E-state index in [2.05, 4.69) is 4.90 Å². The first-order valence-electron chi connectivity index (χ1n) is 5.52. The average Bonchev–Trinajstić information content (AvgIpc) is 2.28. The highest BCUT2D eigenvalue weighted by molar-refractivity contribution is 6.33. The highest BCUT2D eigenvalue weighted by Crippen LogP contribution is 2.31. The lowest BCUT2D eigenvalue weighted by Crippen LogP contribution is -2.42. The summed E-state index contributed by atoms with van der Waals surface area (Å²) < 4.78 is 0. The number of hydrogen-bond donors (Lipinski definition) is 1.